The first-order chi connectivity index (χ1) is 8.15. The summed E-state index contributed by atoms with van der Waals surface area (Å²) in [6.45, 7) is 1.77. The number of carboxylic acid groups (broad SMARTS) is 1. The zero-order valence-electron chi connectivity index (χ0n) is 9.62. The number of rotatable bonds is 3. The zero-order chi connectivity index (χ0) is 12.3. The summed E-state index contributed by atoms with van der Waals surface area (Å²) in [7, 11) is 0. The Morgan fingerprint density at radius 2 is 2.00 bits per heavy atom. The van der Waals surface area contributed by atoms with E-state index in [0.29, 0.717) is 26.1 Å². The molecule has 4 heteroatoms. The number of likely N-dealkylation sites (tertiary alicyclic amines) is 1. The third kappa shape index (κ3) is 3.28. The van der Waals surface area contributed by atoms with Crippen LogP contribution in [0.4, 0.5) is 0 Å². The first kappa shape index (κ1) is 12.1. The van der Waals surface area contributed by atoms with Gasteiger partial charge < -0.3 is 10.2 Å². The largest absolute Gasteiger partial charge is 0.481 e. The van der Waals surface area contributed by atoms with Crippen LogP contribution in [0.15, 0.2) is 30.3 Å². The number of carbonyl (C=O) groups is 1. The Morgan fingerprint density at radius 1 is 1.29 bits per heavy atom. The predicted molar refractivity (Wildman–Crippen MR) is 63.5 cm³/mol. The minimum absolute atomic E-state index is 0.362. The summed E-state index contributed by atoms with van der Waals surface area (Å²) in [6, 6.07) is 9.90. The molecule has 1 aromatic carbocycles. The van der Waals surface area contributed by atoms with Gasteiger partial charge in [-0.1, -0.05) is 30.3 Å². The number of piperidine rings is 1. The molecule has 0 aliphatic carbocycles. The van der Waals surface area contributed by atoms with Gasteiger partial charge in [0.1, 0.15) is 0 Å². The first-order valence-electron chi connectivity index (χ1n) is 5.82. The fourth-order valence-corrected chi connectivity index (χ4v) is 2.31. The number of β-amino-alcohol motifs (C(OH)–C–C–N with tert-alkyl or cyclic N) is 1. The van der Waals surface area contributed by atoms with Crippen LogP contribution in [-0.2, 0) is 11.3 Å². The molecule has 1 aliphatic heterocycles. The second-order valence-corrected chi connectivity index (χ2v) is 4.60. The molecule has 1 fully saturated rings. The molecule has 0 bridgehead atoms. The van der Waals surface area contributed by atoms with Crippen molar-refractivity contribution in [2.24, 2.45) is 5.92 Å². The van der Waals surface area contributed by atoms with Gasteiger partial charge in [-0.15, -0.1) is 0 Å². The van der Waals surface area contributed by atoms with E-state index in [9.17, 15) is 9.90 Å². The van der Waals surface area contributed by atoms with Crippen molar-refractivity contribution in [3.8, 4) is 0 Å². The maximum Gasteiger partial charge on any atom is 0.307 e. The van der Waals surface area contributed by atoms with E-state index in [-0.39, 0.29) is 0 Å². The fraction of sp³-hybridized carbons (Fsp3) is 0.462. The molecule has 0 radical (unpaired) electrons. The lowest BCUT2D eigenvalue weighted by atomic mass is 9.96. The zero-order valence-corrected chi connectivity index (χ0v) is 9.62. The van der Waals surface area contributed by atoms with Gasteiger partial charge in [0.2, 0.25) is 0 Å². The molecule has 4 nitrogen and oxygen atoms in total. The average Bonchev–Trinajstić information content (AvgIpc) is 2.29. The molecule has 0 saturated carbocycles. The average molecular weight is 235 g/mol. The van der Waals surface area contributed by atoms with Gasteiger partial charge in [-0.05, 0) is 12.0 Å². The number of hydrogen-bond donors (Lipinski definition) is 2. The number of hydrogen-bond acceptors (Lipinski definition) is 3. The van der Waals surface area contributed by atoms with Gasteiger partial charge in [0, 0.05) is 19.6 Å². The fourth-order valence-electron chi connectivity index (χ4n) is 2.31. The highest BCUT2D eigenvalue weighted by Gasteiger charge is 2.30. The number of nitrogens with zero attached hydrogens (tertiary/aromatic N) is 1. The summed E-state index contributed by atoms with van der Waals surface area (Å²) in [6.07, 6.45) is -0.172. The highest BCUT2D eigenvalue weighted by atomic mass is 16.4. The standard InChI is InChI=1S/C13H17NO3/c15-12-6-11(13(16)17)8-14(9-12)7-10-4-2-1-3-5-10/h1-5,11-12,15H,6-9H2,(H,16,17)/t11-,12+/m0/s1. The molecule has 1 saturated heterocycles. The molecule has 1 aliphatic rings. The molecule has 92 valence electrons. The lowest BCUT2D eigenvalue weighted by Gasteiger charge is -2.33. The van der Waals surface area contributed by atoms with Crippen LogP contribution in [0.25, 0.3) is 0 Å². The highest BCUT2D eigenvalue weighted by molar-refractivity contribution is 5.70. The number of aliphatic carboxylic acids is 1. The molecule has 2 atom stereocenters. The van der Waals surface area contributed by atoms with Crippen molar-refractivity contribution >= 4 is 5.97 Å². The monoisotopic (exact) mass is 235 g/mol. The van der Waals surface area contributed by atoms with Crippen LogP contribution in [0.2, 0.25) is 0 Å². The van der Waals surface area contributed by atoms with Gasteiger partial charge in [0.15, 0.2) is 0 Å². The summed E-state index contributed by atoms with van der Waals surface area (Å²) in [4.78, 5) is 13.0. The quantitative estimate of drug-likeness (QED) is 0.819. The van der Waals surface area contributed by atoms with E-state index in [1.165, 1.54) is 0 Å². The maximum absolute atomic E-state index is 11.0. The summed E-state index contributed by atoms with van der Waals surface area (Å²) in [5, 5.41) is 18.7. The normalized spacial score (nSPS) is 25.7. The van der Waals surface area contributed by atoms with Gasteiger partial charge in [-0.2, -0.15) is 0 Å². The highest BCUT2D eigenvalue weighted by Crippen LogP contribution is 2.19. The van der Waals surface area contributed by atoms with Crippen LogP contribution in [-0.4, -0.2) is 40.3 Å². The Balaban J connectivity index is 1.99. The Hall–Kier alpha value is -1.39. The summed E-state index contributed by atoms with van der Waals surface area (Å²) in [5.41, 5.74) is 1.14. The lowest BCUT2D eigenvalue weighted by Crippen LogP contribution is -2.45. The second kappa shape index (κ2) is 5.29. The lowest BCUT2D eigenvalue weighted by molar-refractivity contribution is -0.145. The Bertz CT molecular complexity index is 380. The molecular weight excluding hydrogens is 218 g/mol. The number of aliphatic hydroxyl groups is 1. The maximum atomic E-state index is 11.0. The Kier molecular flexibility index (Phi) is 3.76. The molecule has 1 aromatic rings. The van der Waals surface area contributed by atoms with Gasteiger partial charge in [-0.3, -0.25) is 9.69 Å². The van der Waals surface area contributed by atoms with Crippen LogP contribution in [0.3, 0.4) is 0 Å². The topological polar surface area (TPSA) is 60.8 Å². The van der Waals surface area contributed by atoms with Crippen molar-refractivity contribution < 1.29 is 15.0 Å². The van der Waals surface area contributed by atoms with Crippen LogP contribution < -0.4 is 0 Å². The van der Waals surface area contributed by atoms with E-state index in [1.54, 1.807) is 0 Å². The minimum atomic E-state index is -0.818. The first-order valence-corrected chi connectivity index (χ1v) is 5.82. The molecule has 2 N–H and O–H groups in total. The summed E-state index contributed by atoms with van der Waals surface area (Å²) >= 11 is 0. The third-order valence-electron chi connectivity index (χ3n) is 3.10. The van der Waals surface area contributed by atoms with Gasteiger partial charge in [-0.25, -0.2) is 0 Å². The van der Waals surface area contributed by atoms with E-state index >= 15 is 0 Å². The summed E-state index contributed by atoms with van der Waals surface area (Å²) in [5.74, 6) is -1.27. The molecular formula is C13H17NO3. The molecule has 0 spiro atoms. The van der Waals surface area contributed by atoms with Crippen LogP contribution >= 0.6 is 0 Å². The number of benzene rings is 1. The molecule has 2 rings (SSSR count). The van der Waals surface area contributed by atoms with E-state index in [4.69, 9.17) is 5.11 Å². The van der Waals surface area contributed by atoms with Crippen LogP contribution in [0.1, 0.15) is 12.0 Å². The van der Waals surface area contributed by atoms with Crippen molar-refractivity contribution in [1.82, 2.24) is 4.90 Å². The van der Waals surface area contributed by atoms with Crippen LogP contribution in [0, 0.1) is 5.92 Å². The van der Waals surface area contributed by atoms with E-state index < -0.39 is 18.0 Å². The van der Waals surface area contributed by atoms with E-state index in [0.717, 1.165) is 5.56 Å². The van der Waals surface area contributed by atoms with Crippen molar-refractivity contribution in [3.05, 3.63) is 35.9 Å². The minimum Gasteiger partial charge on any atom is -0.481 e. The SMILES string of the molecule is O=C(O)[C@H]1C[C@@H](O)CN(Cc2ccccc2)C1. The molecule has 17 heavy (non-hydrogen) atoms. The Morgan fingerprint density at radius 3 is 2.65 bits per heavy atom. The predicted octanol–water partition coefficient (Wildman–Crippen LogP) is 0.954. The van der Waals surface area contributed by atoms with Crippen molar-refractivity contribution in [1.29, 1.82) is 0 Å². The van der Waals surface area contributed by atoms with E-state index in [1.807, 2.05) is 35.2 Å². The van der Waals surface area contributed by atoms with Gasteiger partial charge in [0.25, 0.3) is 0 Å². The smallest absolute Gasteiger partial charge is 0.307 e. The van der Waals surface area contributed by atoms with Crippen LogP contribution in [0.5, 0.6) is 0 Å². The van der Waals surface area contributed by atoms with Crippen molar-refractivity contribution in [2.45, 2.75) is 19.1 Å². The molecule has 1 heterocycles. The molecule has 0 unspecified atom stereocenters. The van der Waals surface area contributed by atoms with Crippen molar-refractivity contribution in [3.63, 3.8) is 0 Å². The number of carboxylic acids is 1. The van der Waals surface area contributed by atoms with Gasteiger partial charge in [0.05, 0.1) is 12.0 Å². The Labute approximate surface area is 100 Å². The molecule has 0 amide bonds. The second-order valence-electron chi connectivity index (χ2n) is 4.60. The molecule has 0 aromatic heterocycles. The van der Waals surface area contributed by atoms with E-state index in [2.05, 4.69) is 0 Å². The van der Waals surface area contributed by atoms with Crippen molar-refractivity contribution in [2.75, 3.05) is 13.1 Å². The number of aliphatic hydroxyl groups excluding tert-OH is 1. The third-order valence-corrected chi connectivity index (χ3v) is 3.10. The van der Waals surface area contributed by atoms with Gasteiger partial charge >= 0.3 is 5.97 Å². The summed E-state index contributed by atoms with van der Waals surface area (Å²) < 4.78 is 0.